The van der Waals surface area contributed by atoms with Crippen LogP contribution < -0.4 is 25.5 Å². The number of anilines is 1. The van der Waals surface area contributed by atoms with E-state index in [1.807, 2.05) is 54.6 Å². The normalized spacial score (nSPS) is 14.3. The van der Waals surface area contributed by atoms with Gasteiger partial charge in [0.2, 0.25) is 0 Å². The molecule has 6 rings (SSSR count). The highest BCUT2D eigenvalue weighted by molar-refractivity contribution is 7.14. The Morgan fingerprint density at radius 3 is 2.62 bits per heavy atom. The predicted octanol–water partition coefficient (Wildman–Crippen LogP) is 3.46. The van der Waals surface area contributed by atoms with Crippen molar-refractivity contribution in [3.8, 4) is 5.69 Å². The summed E-state index contributed by atoms with van der Waals surface area (Å²) in [6.07, 6.45) is 3.39. The number of allylic oxidation sites excluding steroid dienone is 1. The van der Waals surface area contributed by atoms with Crippen LogP contribution in [0.3, 0.4) is 0 Å². The number of carboxylic acid groups (broad SMARTS) is 1. The molecule has 1 aliphatic heterocycles. The standard InChI is InChI=1S/C32H27N7O6S2/c1-3-45-30(43)25-18(2)34-32-39(26(25)19-9-5-4-6-10-19)28(40)24(47-32)15-20-11-7-8-12-23(20)38-17-21(36-37-38)16-33-31(44)35-27-22(29(41)42)13-14-46-27/h4-15,17,26H,3,16H2,1-2H3,(H,41,42)(H2,33,35,44)/b24-15-. The predicted molar refractivity (Wildman–Crippen MR) is 175 cm³/mol. The van der Waals surface area contributed by atoms with E-state index in [0.29, 0.717) is 37.5 Å². The van der Waals surface area contributed by atoms with Gasteiger partial charge in [0.05, 0.1) is 52.4 Å². The third-order valence-corrected chi connectivity index (χ3v) is 9.01. The van der Waals surface area contributed by atoms with Gasteiger partial charge in [-0.15, -0.1) is 16.4 Å². The number of aromatic carboxylic acids is 1. The number of para-hydroxylation sites is 1. The van der Waals surface area contributed by atoms with Crippen molar-refractivity contribution in [1.29, 1.82) is 0 Å². The van der Waals surface area contributed by atoms with Gasteiger partial charge in [-0.25, -0.2) is 24.1 Å². The van der Waals surface area contributed by atoms with Crippen LogP contribution in [0.25, 0.3) is 11.8 Å². The van der Waals surface area contributed by atoms with Gasteiger partial charge in [0.15, 0.2) is 4.80 Å². The summed E-state index contributed by atoms with van der Waals surface area (Å²) in [5, 5.41) is 24.6. The Morgan fingerprint density at radius 2 is 1.85 bits per heavy atom. The number of hydrogen-bond acceptors (Lipinski definition) is 10. The lowest BCUT2D eigenvalue weighted by Crippen LogP contribution is -2.39. The van der Waals surface area contributed by atoms with E-state index in [-0.39, 0.29) is 29.3 Å². The Labute approximate surface area is 274 Å². The van der Waals surface area contributed by atoms with Gasteiger partial charge in [0, 0.05) is 5.56 Å². The Morgan fingerprint density at radius 1 is 1.09 bits per heavy atom. The zero-order chi connectivity index (χ0) is 33.1. The van der Waals surface area contributed by atoms with Crippen LogP contribution in [0.1, 0.15) is 47.1 Å². The zero-order valence-corrected chi connectivity index (χ0v) is 26.7. The molecule has 5 aromatic rings. The van der Waals surface area contributed by atoms with Crippen LogP contribution in [0.2, 0.25) is 0 Å². The van der Waals surface area contributed by atoms with Gasteiger partial charge in [0.1, 0.15) is 10.7 Å². The quantitative estimate of drug-likeness (QED) is 0.201. The number of thiazole rings is 1. The summed E-state index contributed by atoms with van der Waals surface area (Å²) in [4.78, 5) is 55.9. The highest BCUT2D eigenvalue weighted by Crippen LogP contribution is 2.30. The Kier molecular flexibility index (Phi) is 8.90. The number of ether oxygens (including phenoxy) is 1. The zero-order valence-electron chi connectivity index (χ0n) is 25.0. The molecule has 0 bridgehead atoms. The van der Waals surface area contributed by atoms with Crippen LogP contribution in [0.5, 0.6) is 0 Å². The average Bonchev–Trinajstić information content (AvgIpc) is 3.80. The van der Waals surface area contributed by atoms with Gasteiger partial charge in [-0.1, -0.05) is 65.1 Å². The molecule has 0 saturated heterocycles. The molecule has 1 aliphatic rings. The number of thiophene rings is 1. The molecule has 3 N–H and O–H groups in total. The molecule has 2 aromatic carbocycles. The number of esters is 1. The molecule has 1 atom stereocenters. The first-order valence-corrected chi connectivity index (χ1v) is 16.1. The topological polar surface area (TPSA) is 170 Å². The second-order valence-electron chi connectivity index (χ2n) is 10.2. The first-order chi connectivity index (χ1) is 22.7. The summed E-state index contributed by atoms with van der Waals surface area (Å²) in [5.74, 6) is -1.66. The third kappa shape index (κ3) is 6.39. The van der Waals surface area contributed by atoms with E-state index < -0.39 is 24.0 Å². The van der Waals surface area contributed by atoms with Crippen molar-refractivity contribution in [2.45, 2.75) is 26.4 Å². The maximum absolute atomic E-state index is 14.0. The fourth-order valence-electron chi connectivity index (χ4n) is 5.09. The van der Waals surface area contributed by atoms with Gasteiger partial charge in [-0.3, -0.25) is 14.7 Å². The van der Waals surface area contributed by atoms with Gasteiger partial charge in [0.25, 0.3) is 5.56 Å². The monoisotopic (exact) mass is 669 g/mol. The first kappa shape index (κ1) is 31.3. The van der Waals surface area contributed by atoms with Gasteiger partial charge in [-0.05, 0) is 43.0 Å². The van der Waals surface area contributed by atoms with Crippen LogP contribution in [0.4, 0.5) is 9.80 Å². The average molecular weight is 670 g/mol. The fraction of sp³-hybridized carbons (Fsp3) is 0.156. The second kappa shape index (κ2) is 13.4. The highest BCUT2D eigenvalue weighted by Gasteiger charge is 2.33. The van der Waals surface area contributed by atoms with E-state index in [2.05, 4.69) is 25.9 Å². The van der Waals surface area contributed by atoms with Crippen molar-refractivity contribution in [3.63, 3.8) is 0 Å². The third-order valence-electron chi connectivity index (χ3n) is 7.20. The molecule has 0 aliphatic carbocycles. The molecule has 0 radical (unpaired) electrons. The second-order valence-corrected chi connectivity index (χ2v) is 12.1. The van der Waals surface area contributed by atoms with E-state index >= 15 is 0 Å². The van der Waals surface area contributed by atoms with Crippen LogP contribution in [0.15, 0.2) is 93.3 Å². The SMILES string of the molecule is CCOC(=O)C1=C(C)N=c2s/c(=C\c3ccccc3-n3cc(CNC(=O)Nc4sccc4C(=O)O)nn3)c(=O)n2C1c1ccccc1. The molecule has 238 valence electrons. The molecular formula is C32H27N7O6S2. The van der Waals surface area contributed by atoms with Crippen LogP contribution >= 0.6 is 22.7 Å². The van der Waals surface area contributed by atoms with E-state index in [1.165, 1.54) is 26.7 Å². The lowest BCUT2D eigenvalue weighted by molar-refractivity contribution is -0.139. The summed E-state index contributed by atoms with van der Waals surface area (Å²) in [7, 11) is 0. The molecule has 4 heterocycles. The number of nitrogens with zero attached hydrogens (tertiary/aromatic N) is 5. The van der Waals surface area contributed by atoms with E-state index in [4.69, 9.17) is 4.74 Å². The fourth-order valence-corrected chi connectivity index (χ4v) is 6.90. The Bertz CT molecular complexity index is 2210. The van der Waals surface area contributed by atoms with Crippen molar-refractivity contribution in [2.24, 2.45) is 4.99 Å². The van der Waals surface area contributed by atoms with E-state index in [9.17, 15) is 24.3 Å². The van der Waals surface area contributed by atoms with Gasteiger partial charge in [-0.2, -0.15) is 0 Å². The molecule has 0 saturated carbocycles. The number of rotatable bonds is 9. The smallest absolute Gasteiger partial charge is 0.338 e. The molecule has 2 amide bonds. The molecule has 13 nitrogen and oxygen atoms in total. The number of benzene rings is 2. The van der Waals surface area contributed by atoms with Crippen LogP contribution in [-0.2, 0) is 16.1 Å². The van der Waals surface area contributed by atoms with Crippen molar-refractivity contribution >= 4 is 51.7 Å². The molecule has 3 aromatic heterocycles. The van der Waals surface area contributed by atoms with E-state index in [0.717, 1.165) is 16.9 Å². The summed E-state index contributed by atoms with van der Waals surface area (Å²) >= 11 is 2.32. The van der Waals surface area contributed by atoms with Crippen LogP contribution in [-0.4, -0.2) is 49.2 Å². The number of urea groups is 1. The molecule has 0 spiro atoms. The summed E-state index contributed by atoms with van der Waals surface area (Å²) in [6, 6.07) is 16.8. The lowest BCUT2D eigenvalue weighted by Gasteiger charge is -2.24. The maximum atomic E-state index is 14.0. The number of nitrogens with one attached hydrogen (secondary N) is 2. The van der Waals surface area contributed by atoms with Crippen LogP contribution in [0, 0.1) is 0 Å². The number of amides is 2. The van der Waals surface area contributed by atoms with Gasteiger partial charge >= 0.3 is 18.0 Å². The highest BCUT2D eigenvalue weighted by atomic mass is 32.1. The van der Waals surface area contributed by atoms with E-state index in [1.54, 1.807) is 31.5 Å². The lowest BCUT2D eigenvalue weighted by atomic mass is 9.96. The van der Waals surface area contributed by atoms with Crippen molar-refractivity contribution in [2.75, 3.05) is 11.9 Å². The number of carboxylic acids is 1. The summed E-state index contributed by atoms with van der Waals surface area (Å²) < 4.78 is 8.83. The van der Waals surface area contributed by atoms with Gasteiger partial charge < -0.3 is 15.2 Å². The number of carbonyl (C=O) groups is 3. The summed E-state index contributed by atoms with van der Waals surface area (Å²) in [6.45, 7) is 3.69. The molecule has 47 heavy (non-hydrogen) atoms. The van der Waals surface area contributed by atoms with Crippen molar-refractivity contribution < 1.29 is 24.2 Å². The molecule has 15 heteroatoms. The summed E-state index contributed by atoms with van der Waals surface area (Å²) in [5.41, 5.74) is 3.01. The molecular weight excluding hydrogens is 643 g/mol. The Hall–Kier alpha value is -5.67. The molecule has 1 unspecified atom stereocenters. The minimum absolute atomic E-state index is 0.00488. The van der Waals surface area contributed by atoms with Crippen molar-refractivity contribution in [1.82, 2.24) is 24.9 Å². The number of fused-ring (bicyclic) bond motifs is 1. The largest absolute Gasteiger partial charge is 0.478 e. The number of hydrogen-bond donors (Lipinski definition) is 3. The van der Waals surface area contributed by atoms with Crippen molar-refractivity contribution in [3.05, 3.63) is 126 Å². The molecule has 0 fully saturated rings. The number of aromatic nitrogens is 4. The Balaban J connectivity index is 1.30. The first-order valence-electron chi connectivity index (χ1n) is 14.4. The maximum Gasteiger partial charge on any atom is 0.338 e. The minimum Gasteiger partial charge on any atom is -0.478 e. The number of carbonyl (C=O) groups excluding carboxylic acids is 2. The minimum atomic E-state index is -1.14.